The van der Waals surface area contributed by atoms with E-state index in [-0.39, 0.29) is 17.7 Å². The van der Waals surface area contributed by atoms with Crippen LogP contribution in [-0.2, 0) is 11.2 Å². The molecule has 0 spiro atoms. The van der Waals surface area contributed by atoms with Crippen molar-refractivity contribution in [1.82, 2.24) is 15.0 Å². The molecule has 9 nitrogen and oxygen atoms in total. The number of benzene rings is 2. The monoisotopic (exact) mass is 511 g/mol. The van der Waals surface area contributed by atoms with Crippen LogP contribution in [0.4, 0.5) is 11.4 Å². The molecule has 194 valence electrons. The van der Waals surface area contributed by atoms with Crippen molar-refractivity contribution in [3.05, 3.63) is 99.9 Å². The van der Waals surface area contributed by atoms with E-state index in [1.807, 2.05) is 37.3 Å². The second-order valence-corrected chi connectivity index (χ2v) is 9.48. The first-order valence-electron chi connectivity index (χ1n) is 12.7. The molecule has 2 unspecified atom stereocenters. The van der Waals surface area contributed by atoms with Gasteiger partial charge in [-0.1, -0.05) is 18.2 Å². The molecular weight excluding hydrogens is 482 g/mol. The summed E-state index contributed by atoms with van der Waals surface area (Å²) in [4.78, 5) is 25.9. The molecule has 2 aromatic carbocycles. The van der Waals surface area contributed by atoms with Gasteiger partial charge in [0.1, 0.15) is 23.3 Å². The predicted octanol–water partition coefficient (Wildman–Crippen LogP) is 4.62. The molecule has 38 heavy (non-hydrogen) atoms. The number of pyridine rings is 1. The van der Waals surface area contributed by atoms with Crippen LogP contribution in [0.1, 0.15) is 41.5 Å². The van der Waals surface area contributed by atoms with Crippen LogP contribution < -0.4 is 25.2 Å². The van der Waals surface area contributed by atoms with E-state index in [9.17, 15) is 4.79 Å². The molecule has 2 aliphatic rings. The number of fused-ring (bicyclic) bond motifs is 2. The largest absolute Gasteiger partial charge is 0.480 e. The number of H-pyrrole nitrogens is 1. The van der Waals surface area contributed by atoms with Crippen LogP contribution in [-0.4, -0.2) is 41.8 Å². The van der Waals surface area contributed by atoms with Gasteiger partial charge in [-0.05, 0) is 42.8 Å². The smallest absolute Gasteiger partial charge is 0.271 e. The molecular formula is C29H29N5O4. The standard InChI is InChI=1S/C29H29N5O4/c1-18(23-15-32-27(36-2)16-31-23)33-21-8-9-25-20(14-21)13-19-5-3-6-22(28(19)38-25)26-17-34(11-12-37-26)24-7-4-10-30-29(24)35/h3-10,14-16,18,26,33H,11-13,17H2,1-2H3,(H,30,35). The highest BCUT2D eigenvalue weighted by atomic mass is 16.5. The lowest BCUT2D eigenvalue weighted by molar-refractivity contribution is 0.0383. The van der Waals surface area contributed by atoms with Crippen molar-refractivity contribution in [2.24, 2.45) is 0 Å². The number of hydrogen-bond acceptors (Lipinski definition) is 8. The first kappa shape index (κ1) is 24.0. The van der Waals surface area contributed by atoms with E-state index in [2.05, 4.69) is 43.4 Å². The summed E-state index contributed by atoms with van der Waals surface area (Å²) >= 11 is 0. The van der Waals surface area contributed by atoms with Crippen molar-refractivity contribution in [1.29, 1.82) is 0 Å². The van der Waals surface area contributed by atoms with Gasteiger partial charge in [-0.15, -0.1) is 0 Å². The maximum atomic E-state index is 12.4. The molecule has 6 rings (SSSR count). The summed E-state index contributed by atoms with van der Waals surface area (Å²) in [5.74, 6) is 2.17. The Morgan fingerprint density at radius 3 is 2.87 bits per heavy atom. The number of nitrogens with one attached hydrogen (secondary N) is 2. The molecule has 1 saturated heterocycles. The van der Waals surface area contributed by atoms with Gasteiger partial charge in [-0.25, -0.2) is 4.98 Å². The minimum Gasteiger partial charge on any atom is -0.480 e. The highest BCUT2D eigenvalue weighted by Crippen LogP contribution is 2.43. The van der Waals surface area contributed by atoms with Gasteiger partial charge in [0, 0.05) is 42.5 Å². The van der Waals surface area contributed by atoms with E-state index in [0.29, 0.717) is 31.3 Å². The van der Waals surface area contributed by atoms with Crippen molar-refractivity contribution < 1.29 is 14.2 Å². The van der Waals surface area contributed by atoms with Crippen LogP contribution in [0.25, 0.3) is 0 Å². The van der Waals surface area contributed by atoms with E-state index < -0.39 is 0 Å². The fourth-order valence-electron chi connectivity index (χ4n) is 5.04. The number of methoxy groups -OCH3 is 1. The van der Waals surface area contributed by atoms with Gasteiger partial charge in [-0.3, -0.25) is 9.78 Å². The summed E-state index contributed by atoms with van der Waals surface area (Å²) in [6, 6.07) is 16.0. The second kappa shape index (κ2) is 10.2. The molecule has 2 aliphatic heterocycles. The number of aromatic amines is 1. The van der Waals surface area contributed by atoms with E-state index in [1.54, 1.807) is 25.7 Å². The predicted molar refractivity (Wildman–Crippen MR) is 144 cm³/mol. The van der Waals surface area contributed by atoms with Crippen LogP contribution in [0.2, 0.25) is 0 Å². The number of hydrogen-bond donors (Lipinski definition) is 2. The van der Waals surface area contributed by atoms with Crippen LogP contribution in [0.15, 0.2) is 71.9 Å². The van der Waals surface area contributed by atoms with Gasteiger partial charge >= 0.3 is 0 Å². The molecule has 4 heterocycles. The molecule has 4 aromatic rings. The molecule has 0 bridgehead atoms. The second-order valence-electron chi connectivity index (χ2n) is 9.48. The fourth-order valence-corrected chi connectivity index (χ4v) is 5.04. The van der Waals surface area contributed by atoms with Crippen LogP contribution in [0, 0.1) is 0 Å². The number of aromatic nitrogens is 3. The van der Waals surface area contributed by atoms with Crippen LogP contribution in [0.3, 0.4) is 0 Å². The average Bonchev–Trinajstić information content (AvgIpc) is 2.96. The quantitative estimate of drug-likeness (QED) is 0.341. The van der Waals surface area contributed by atoms with E-state index in [4.69, 9.17) is 14.2 Å². The Bertz CT molecular complexity index is 1500. The molecule has 0 radical (unpaired) electrons. The highest BCUT2D eigenvalue weighted by Gasteiger charge is 2.29. The maximum Gasteiger partial charge on any atom is 0.271 e. The lowest BCUT2D eigenvalue weighted by Gasteiger charge is -2.35. The topological polar surface area (TPSA) is 102 Å². The zero-order chi connectivity index (χ0) is 26.1. The van der Waals surface area contributed by atoms with Gasteiger partial charge in [0.05, 0.1) is 37.8 Å². The van der Waals surface area contributed by atoms with Gasteiger partial charge in [0.2, 0.25) is 5.88 Å². The summed E-state index contributed by atoms with van der Waals surface area (Å²) in [5, 5.41) is 3.51. The number of nitrogens with zero attached hydrogens (tertiary/aromatic N) is 3. The molecule has 0 aliphatic carbocycles. The van der Waals surface area contributed by atoms with E-state index >= 15 is 0 Å². The third-order valence-corrected chi connectivity index (χ3v) is 7.02. The molecule has 2 N–H and O–H groups in total. The minimum atomic E-state index is -0.202. The SMILES string of the molecule is COc1cnc(C(C)Nc2ccc3c(c2)Cc2cccc(C4CN(c5ccc[nH]c5=O)CCO4)c2O3)cn1. The number of morpholine rings is 1. The maximum absolute atomic E-state index is 12.4. The summed E-state index contributed by atoms with van der Waals surface area (Å²) in [6.07, 6.45) is 5.54. The summed E-state index contributed by atoms with van der Waals surface area (Å²) in [7, 11) is 1.57. The molecule has 2 aromatic heterocycles. The molecule has 0 amide bonds. The first-order chi connectivity index (χ1) is 18.6. The Hall–Kier alpha value is -4.37. The fraction of sp³-hybridized carbons (Fsp3) is 0.276. The Morgan fingerprint density at radius 1 is 1.13 bits per heavy atom. The van der Waals surface area contributed by atoms with E-state index in [1.165, 1.54) is 0 Å². The summed E-state index contributed by atoms with van der Waals surface area (Å²) in [5.41, 5.74) is 5.59. The van der Waals surface area contributed by atoms with Gasteiger partial charge < -0.3 is 29.4 Å². The third kappa shape index (κ3) is 4.68. The van der Waals surface area contributed by atoms with Gasteiger partial charge in [0.15, 0.2) is 0 Å². The Kier molecular flexibility index (Phi) is 6.43. The summed E-state index contributed by atoms with van der Waals surface area (Å²) < 4.78 is 17.7. The number of para-hydroxylation sites is 1. The third-order valence-electron chi connectivity index (χ3n) is 7.02. The average molecular weight is 512 g/mol. The zero-order valence-electron chi connectivity index (χ0n) is 21.3. The highest BCUT2D eigenvalue weighted by molar-refractivity contribution is 5.59. The Labute approximate surface area is 220 Å². The molecule has 0 saturated carbocycles. The van der Waals surface area contributed by atoms with E-state index in [0.717, 1.165) is 46.0 Å². The summed E-state index contributed by atoms with van der Waals surface area (Å²) in [6.45, 7) is 3.82. The number of ether oxygens (including phenoxy) is 3. The molecule has 9 heteroatoms. The van der Waals surface area contributed by atoms with Crippen molar-refractivity contribution in [2.45, 2.75) is 25.5 Å². The van der Waals surface area contributed by atoms with Crippen molar-refractivity contribution in [2.75, 3.05) is 37.0 Å². The Morgan fingerprint density at radius 2 is 2.05 bits per heavy atom. The lowest BCUT2D eigenvalue weighted by atomic mass is 9.95. The van der Waals surface area contributed by atoms with Crippen LogP contribution >= 0.6 is 0 Å². The van der Waals surface area contributed by atoms with Crippen molar-refractivity contribution in [3.8, 4) is 17.4 Å². The first-order valence-corrected chi connectivity index (χ1v) is 12.7. The van der Waals surface area contributed by atoms with Gasteiger partial charge in [-0.2, -0.15) is 0 Å². The number of anilines is 2. The van der Waals surface area contributed by atoms with Crippen LogP contribution in [0.5, 0.6) is 17.4 Å². The van der Waals surface area contributed by atoms with Gasteiger partial charge in [0.25, 0.3) is 5.56 Å². The Balaban J connectivity index is 1.20. The zero-order valence-corrected chi connectivity index (χ0v) is 21.3. The lowest BCUT2D eigenvalue weighted by Crippen LogP contribution is -2.41. The molecule has 1 fully saturated rings. The normalized spacial score (nSPS) is 17.1. The van der Waals surface area contributed by atoms with Crippen molar-refractivity contribution >= 4 is 11.4 Å². The van der Waals surface area contributed by atoms with Crippen molar-refractivity contribution in [3.63, 3.8) is 0 Å². The molecule has 2 atom stereocenters. The number of rotatable bonds is 6. The minimum absolute atomic E-state index is 0.0295.